The molecule has 2 aliphatic heterocycles. The summed E-state index contributed by atoms with van der Waals surface area (Å²) in [6.45, 7) is 7.10. The molecule has 3 rings (SSSR count). The zero-order valence-electron chi connectivity index (χ0n) is 13.8. The number of hydrogen-bond acceptors (Lipinski definition) is 4. The molecule has 124 valence electrons. The van der Waals surface area contributed by atoms with Crippen molar-refractivity contribution in [3.8, 4) is 0 Å². The first-order valence-electron chi connectivity index (χ1n) is 7.93. The first-order valence-corrected chi connectivity index (χ1v) is 7.93. The summed E-state index contributed by atoms with van der Waals surface area (Å²) in [6.07, 6.45) is 2.55. The summed E-state index contributed by atoms with van der Waals surface area (Å²) in [5.74, 6) is 0.0269. The zero-order chi connectivity index (χ0) is 16.8. The maximum atomic E-state index is 12.7. The van der Waals surface area contributed by atoms with Gasteiger partial charge in [-0.15, -0.1) is 0 Å². The number of pyridine rings is 1. The molecule has 1 spiro atoms. The standard InChI is InChI=1S/C17H22N2O4/c1-16(2,3)23-15(22)18-8-5-17(6-9-18)11-19-7-4-12(20)10-13(19)14(17)21/h4,7,10H,5-6,8-9,11H2,1-3H3. The van der Waals surface area contributed by atoms with Crippen LogP contribution in [0.1, 0.15) is 44.1 Å². The Morgan fingerprint density at radius 3 is 2.48 bits per heavy atom. The molecular formula is C17H22N2O4. The van der Waals surface area contributed by atoms with Crippen molar-refractivity contribution < 1.29 is 14.3 Å². The molecule has 6 nitrogen and oxygen atoms in total. The highest BCUT2D eigenvalue weighted by atomic mass is 16.6. The van der Waals surface area contributed by atoms with Gasteiger partial charge < -0.3 is 14.2 Å². The maximum absolute atomic E-state index is 12.7. The van der Waals surface area contributed by atoms with Crippen LogP contribution in [0.4, 0.5) is 4.79 Å². The van der Waals surface area contributed by atoms with Crippen molar-refractivity contribution in [2.45, 2.75) is 45.8 Å². The number of Topliss-reactive ketones (excluding diaryl/α,β-unsaturated/α-hetero) is 1. The highest BCUT2D eigenvalue weighted by Crippen LogP contribution is 2.41. The van der Waals surface area contributed by atoms with E-state index in [1.54, 1.807) is 11.1 Å². The molecule has 23 heavy (non-hydrogen) atoms. The van der Waals surface area contributed by atoms with E-state index < -0.39 is 11.0 Å². The Kier molecular flexibility index (Phi) is 3.58. The van der Waals surface area contributed by atoms with Crippen molar-refractivity contribution in [3.05, 3.63) is 34.2 Å². The van der Waals surface area contributed by atoms with E-state index in [2.05, 4.69) is 0 Å². The number of rotatable bonds is 0. The number of fused-ring (bicyclic) bond motifs is 1. The van der Waals surface area contributed by atoms with Gasteiger partial charge in [0.15, 0.2) is 11.2 Å². The third kappa shape index (κ3) is 2.90. The molecular weight excluding hydrogens is 296 g/mol. The van der Waals surface area contributed by atoms with Gasteiger partial charge in [-0.1, -0.05) is 0 Å². The van der Waals surface area contributed by atoms with E-state index in [0.717, 1.165) is 0 Å². The minimum absolute atomic E-state index is 0.0269. The fourth-order valence-corrected chi connectivity index (χ4v) is 3.34. The fraction of sp³-hybridized carbons (Fsp3) is 0.588. The summed E-state index contributed by atoms with van der Waals surface area (Å²) in [4.78, 5) is 38.0. The van der Waals surface area contributed by atoms with Gasteiger partial charge in [0.05, 0.1) is 11.1 Å². The molecule has 0 N–H and O–H groups in total. The molecule has 1 saturated heterocycles. The lowest BCUT2D eigenvalue weighted by molar-refractivity contribution is 0.0104. The number of ether oxygens (including phenoxy) is 1. The van der Waals surface area contributed by atoms with E-state index >= 15 is 0 Å². The molecule has 1 fully saturated rings. The van der Waals surface area contributed by atoms with Crippen molar-refractivity contribution in [1.82, 2.24) is 9.47 Å². The molecule has 1 aromatic heterocycles. The van der Waals surface area contributed by atoms with Gasteiger partial charge >= 0.3 is 6.09 Å². The van der Waals surface area contributed by atoms with Crippen molar-refractivity contribution in [1.29, 1.82) is 0 Å². The van der Waals surface area contributed by atoms with E-state index in [4.69, 9.17) is 4.74 Å². The van der Waals surface area contributed by atoms with Crippen molar-refractivity contribution in [2.75, 3.05) is 13.1 Å². The number of piperidine rings is 1. The van der Waals surface area contributed by atoms with E-state index in [9.17, 15) is 14.4 Å². The SMILES string of the molecule is CC(C)(C)OC(=O)N1CCC2(CC1)Cn1ccc(=O)cc1C2=O. The van der Waals surface area contributed by atoms with E-state index in [0.29, 0.717) is 38.2 Å². The monoisotopic (exact) mass is 318 g/mol. The molecule has 0 aliphatic carbocycles. The smallest absolute Gasteiger partial charge is 0.410 e. The highest BCUT2D eigenvalue weighted by molar-refractivity contribution is 6.01. The topological polar surface area (TPSA) is 68.6 Å². The van der Waals surface area contributed by atoms with Crippen LogP contribution in [-0.2, 0) is 11.3 Å². The zero-order valence-corrected chi connectivity index (χ0v) is 13.8. The highest BCUT2D eigenvalue weighted by Gasteiger charge is 2.48. The first kappa shape index (κ1) is 15.8. The molecule has 0 bridgehead atoms. The second-order valence-corrected chi connectivity index (χ2v) is 7.45. The second-order valence-electron chi connectivity index (χ2n) is 7.45. The fourth-order valence-electron chi connectivity index (χ4n) is 3.34. The van der Waals surface area contributed by atoms with Gasteiger partial charge in [-0.2, -0.15) is 0 Å². The molecule has 0 saturated carbocycles. The van der Waals surface area contributed by atoms with Crippen LogP contribution >= 0.6 is 0 Å². The molecule has 3 heterocycles. The van der Waals surface area contributed by atoms with Crippen LogP contribution in [0.15, 0.2) is 23.1 Å². The van der Waals surface area contributed by atoms with Gasteiger partial charge in [-0.25, -0.2) is 4.79 Å². The molecule has 1 aromatic rings. The summed E-state index contributed by atoms with van der Waals surface area (Å²) >= 11 is 0. The Morgan fingerprint density at radius 1 is 1.22 bits per heavy atom. The Morgan fingerprint density at radius 2 is 1.87 bits per heavy atom. The number of nitrogens with zero attached hydrogens (tertiary/aromatic N) is 2. The molecule has 0 unspecified atom stereocenters. The van der Waals surface area contributed by atoms with Crippen LogP contribution < -0.4 is 5.43 Å². The molecule has 1 amide bonds. The van der Waals surface area contributed by atoms with Gasteiger partial charge in [-0.3, -0.25) is 9.59 Å². The normalized spacial score (nSPS) is 19.8. The molecule has 0 atom stereocenters. The number of likely N-dealkylation sites (tertiary alicyclic amines) is 1. The molecule has 0 radical (unpaired) electrons. The largest absolute Gasteiger partial charge is 0.444 e. The number of hydrogen-bond donors (Lipinski definition) is 0. The Hall–Kier alpha value is -2.11. The van der Waals surface area contributed by atoms with Gasteiger partial charge in [-0.05, 0) is 33.6 Å². The van der Waals surface area contributed by atoms with Crippen LogP contribution in [-0.4, -0.2) is 40.0 Å². The Balaban J connectivity index is 1.71. The van der Waals surface area contributed by atoms with Gasteiger partial charge in [0.25, 0.3) is 0 Å². The van der Waals surface area contributed by atoms with Crippen LogP contribution in [0, 0.1) is 5.41 Å². The van der Waals surface area contributed by atoms with E-state index in [-0.39, 0.29) is 17.3 Å². The number of carbonyl (C=O) groups excluding carboxylic acids is 2. The van der Waals surface area contributed by atoms with Crippen molar-refractivity contribution in [2.24, 2.45) is 5.41 Å². The number of ketones is 1. The quantitative estimate of drug-likeness (QED) is 0.734. The average Bonchev–Trinajstić information content (AvgIpc) is 2.71. The Bertz CT molecular complexity index is 706. The van der Waals surface area contributed by atoms with E-state index in [1.165, 1.54) is 12.1 Å². The average molecular weight is 318 g/mol. The third-order valence-electron chi connectivity index (χ3n) is 4.57. The molecule has 6 heteroatoms. The lowest BCUT2D eigenvalue weighted by Crippen LogP contribution is -2.47. The first-order chi connectivity index (χ1) is 10.7. The molecule has 0 aromatic carbocycles. The van der Waals surface area contributed by atoms with Gasteiger partial charge in [0.2, 0.25) is 0 Å². The summed E-state index contributed by atoms with van der Waals surface area (Å²) in [7, 11) is 0. The lowest BCUT2D eigenvalue weighted by Gasteiger charge is -2.38. The summed E-state index contributed by atoms with van der Waals surface area (Å²) in [5.41, 5.74) is -0.665. The third-order valence-corrected chi connectivity index (χ3v) is 4.57. The minimum atomic E-state index is -0.522. The molecule has 2 aliphatic rings. The van der Waals surface area contributed by atoms with Gasteiger partial charge in [0, 0.05) is 38.0 Å². The summed E-state index contributed by atoms with van der Waals surface area (Å²) < 4.78 is 7.24. The van der Waals surface area contributed by atoms with Crippen LogP contribution in [0.2, 0.25) is 0 Å². The predicted octanol–water partition coefficient (Wildman–Crippen LogP) is 2.06. The number of carbonyl (C=O) groups is 2. The van der Waals surface area contributed by atoms with Crippen LogP contribution in [0.3, 0.4) is 0 Å². The van der Waals surface area contributed by atoms with Crippen molar-refractivity contribution in [3.63, 3.8) is 0 Å². The maximum Gasteiger partial charge on any atom is 0.410 e. The van der Waals surface area contributed by atoms with Crippen LogP contribution in [0.5, 0.6) is 0 Å². The Labute approximate surface area is 135 Å². The summed E-state index contributed by atoms with van der Waals surface area (Å²) in [6, 6.07) is 2.89. The number of aromatic nitrogens is 1. The van der Waals surface area contributed by atoms with Crippen LogP contribution in [0.25, 0.3) is 0 Å². The van der Waals surface area contributed by atoms with E-state index in [1.807, 2.05) is 25.3 Å². The second kappa shape index (κ2) is 5.22. The number of amides is 1. The minimum Gasteiger partial charge on any atom is -0.444 e. The summed E-state index contributed by atoms with van der Waals surface area (Å²) in [5, 5.41) is 0. The van der Waals surface area contributed by atoms with Gasteiger partial charge in [0.1, 0.15) is 5.60 Å². The lowest BCUT2D eigenvalue weighted by atomic mass is 9.76. The van der Waals surface area contributed by atoms with Crippen molar-refractivity contribution >= 4 is 11.9 Å². The predicted molar refractivity (Wildman–Crippen MR) is 84.5 cm³/mol.